The summed E-state index contributed by atoms with van der Waals surface area (Å²) in [6, 6.07) is 15.9. The zero-order chi connectivity index (χ0) is 17.5. The number of anilines is 1. The van der Waals surface area contributed by atoms with E-state index in [4.69, 9.17) is 5.73 Å². The maximum Gasteiger partial charge on any atom is 0.224 e. The Bertz CT molecular complexity index is 812. The zero-order valence-corrected chi connectivity index (χ0v) is 15.7. The first-order valence-corrected chi connectivity index (χ1v) is 9.07. The molecule has 1 amide bonds. The van der Waals surface area contributed by atoms with Crippen LogP contribution in [0.15, 0.2) is 48.5 Å². The Morgan fingerprint density at radius 2 is 1.38 bits per heavy atom. The number of nitrogens with zero attached hydrogens (tertiary/aromatic N) is 1. The molecular formula is C21H26ClN3O. The summed E-state index contributed by atoms with van der Waals surface area (Å²) in [6.07, 6.45) is 5.90. The van der Waals surface area contributed by atoms with Gasteiger partial charge < -0.3 is 11.1 Å². The largest absolute Gasteiger partial charge is 0.330 e. The molecule has 0 aliphatic carbocycles. The van der Waals surface area contributed by atoms with E-state index in [-0.39, 0.29) is 18.3 Å². The molecule has 0 spiro atoms. The van der Waals surface area contributed by atoms with Crippen molar-refractivity contribution in [3.63, 3.8) is 0 Å². The number of hydrogen-bond donors (Lipinski definition) is 2. The van der Waals surface area contributed by atoms with E-state index < -0.39 is 0 Å². The van der Waals surface area contributed by atoms with Gasteiger partial charge in [0, 0.05) is 17.2 Å². The second-order valence-corrected chi connectivity index (χ2v) is 6.38. The van der Waals surface area contributed by atoms with Gasteiger partial charge in [-0.2, -0.15) is 0 Å². The minimum Gasteiger partial charge on any atom is -0.330 e. The number of rotatable bonds is 8. The third-order valence-corrected chi connectivity index (χ3v) is 4.46. The number of nitrogens with two attached hydrogens (primary N) is 1. The van der Waals surface area contributed by atoms with Crippen LogP contribution in [0.4, 0.5) is 5.69 Å². The Balaban J connectivity index is 0.00000243. The van der Waals surface area contributed by atoms with Gasteiger partial charge in [0.25, 0.3) is 0 Å². The van der Waals surface area contributed by atoms with Crippen LogP contribution in [0.3, 0.4) is 0 Å². The van der Waals surface area contributed by atoms with E-state index in [1.165, 1.54) is 0 Å². The second-order valence-electron chi connectivity index (χ2n) is 6.38. The molecule has 138 valence electrons. The summed E-state index contributed by atoms with van der Waals surface area (Å²) in [4.78, 5) is 17.1. The summed E-state index contributed by atoms with van der Waals surface area (Å²) in [7, 11) is 0. The first-order valence-electron chi connectivity index (χ1n) is 9.07. The van der Waals surface area contributed by atoms with Gasteiger partial charge in [-0.15, -0.1) is 12.4 Å². The van der Waals surface area contributed by atoms with Crippen LogP contribution in [0.5, 0.6) is 0 Å². The first-order chi connectivity index (χ1) is 12.3. The highest BCUT2D eigenvalue weighted by atomic mass is 35.5. The van der Waals surface area contributed by atoms with Crippen LogP contribution in [0, 0.1) is 0 Å². The van der Waals surface area contributed by atoms with E-state index in [0.717, 1.165) is 66.1 Å². The van der Waals surface area contributed by atoms with Gasteiger partial charge in [0.05, 0.1) is 16.7 Å². The lowest BCUT2D eigenvalue weighted by molar-refractivity contribution is -0.116. The summed E-state index contributed by atoms with van der Waals surface area (Å²) in [5, 5.41) is 5.10. The van der Waals surface area contributed by atoms with E-state index in [2.05, 4.69) is 10.3 Å². The van der Waals surface area contributed by atoms with Crippen molar-refractivity contribution in [1.82, 2.24) is 4.98 Å². The molecule has 0 radical (unpaired) electrons. The Morgan fingerprint density at radius 3 is 2.00 bits per heavy atom. The molecule has 0 unspecified atom stereocenters. The molecule has 26 heavy (non-hydrogen) atoms. The quantitative estimate of drug-likeness (QED) is 0.430. The molecule has 0 bridgehead atoms. The Kier molecular flexibility index (Phi) is 7.82. The van der Waals surface area contributed by atoms with Crippen molar-refractivity contribution in [3.05, 3.63) is 48.5 Å². The summed E-state index contributed by atoms with van der Waals surface area (Å²) in [5.41, 5.74) is 8.17. The normalized spacial score (nSPS) is 10.7. The second kappa shape index (κ2) is 10.1. The summed E-state index contributed by atoms with van der Waals surface area (Å²) in [6.45, 7) is 0.753. The average molecular weight is 372 g/mol. The smallest absolute Gasteiger partial charge is 0.224 e. The molecule has 0 aliphatic heterocycles. The van der Waals surface area contributed by atoms with Gasteiger partial charge in [0.1, 0.15) is 0 Å². The molecule has 1 heterocycles. The lowest BCUT2D eigenvalue weighted by Gasteiger charge is -2.12. The summed E-state index contributed by atoms with van der Waals surface area (Å²) >= 11 is 0. The van der Waals surface area contributed by atoms with E-state index in [1.807, 2.05) is 48.5 Å². The maximum atomic E-state index is 12.4. The molecule has 5 heteroatoms. The number of fused-ring (bicyclic) bond motifs is 2. The van der Waals surface area contributed by atoms with E-state index in [9.17, 15) is 4.79 Å². The predicted molar refractivity (Wildman–Crippen MR) is 112 cm³/mol. The van der Waals surface area contributed by atoms with Crippen LogP contribution in [0.25, 0.3) is 21.8 Å². The third-order valence-electron chi connectivity index (χ3n) is 4.46. The lowest BCUT2D eigenvalue weighted by Crippen LogP contribution is -2.12. The maximum absolute atomic E-state index is 12.4. The van der Waals surface area contributed by atoms with Crippen molar-refractivity contribution in [2.75, 3.05) is 11.9 Å². The van der Waals surface area contributed by atoms with Crippen molar-refractivity contribution >= 4 is 45.8 Å². The molecule has 1 aromatic heterocycles. The van der Waals surface area contributed by atoms with Crippen molar-refractivity contribution < 1.29 is 4.79 Å². The summed E-state index contributed by atoms with van der Waals surface area (Å²) < 4.78 is 0. The van der Waals surface area contributed by atoms with Gasteiger partial charge in [-0.05, 0) is 31.5 Å². The Labute approximate surface area is 160 Å². The van der Waals surface area contributed by atoms with Crippen molar-refractivity contribution in [2.45, 2.75) is 38.5 Å². The minimum atomic E-state index is 0. The van der Waals surface area contributed by atoms with Crippen LogP contribution in [0.2, 0.25) is 0 Å². The van der Waals surface area contributed by atoms with Crippen LogP contribution < -0.4 is 11.1 Å². The summed E-state index contributed by atoms with van der Waals surface area (Å²) in [5.74, 6) is 0.0698. The van der Waals surface area contributed by atoms with Crippen molar-refractivity contribution in [1.29, 1.82) is 0 Å². The van der Waals surface area contributed by atoms with Crippen molar-refractivity contribution in [2.24, 2.45) is 5.73 Å². The molecule has 4 nitrogen and oxygen atoms in total. The molecule has 0 saturated carbocycles. The number of hydrogen-bond acceptors (Lipinski definition) is 3. The number of para-hydroxylation sites is 2. The van der Waals surface area contributed by atoms with E-state index >= 15 is 0 Å². The van der Waals surface area contributed by atoms with Gasteiger partial charge in [0.2, 0.25) is 5.91 Å². The van der Waals surface area contributed by atoms with Gasteiger partial charge in [-0.3, -0.25) is 4.79 Å². The first kappa shape index (κ1) is 20.1. The Morgan fingerprint density at radius 1 is 0.846 bits per heavy atom. The molecule has 0 saturated heterocycles. The topological polar surface area (TPSA) is 68.0 Å². The number of benzene rings is 2. The number of amides is 1. The van der Waals surface area contributed by atoms with Crippen LogP contribution in [-0.4, -0.2) is 17.4 Å². The predicted octanol–water partition coefficient (Wildman–Crippen LogP) is 5.05. The molecule has 3 rings (SSSR count). The number of aromatic nitrogens is 1. The van der Waals surface area contributed by atoms with E-state index in [0.29, 0.717) is 6.42 Å². The molecule has 3 aromatic rings. The number of carbonyl (C=O) groups is 1. The average Bonchev–Trinajstić information content (AvgIpc) is 2.64. The van der Waals surface area contributed by atoms with Crippen LogP contribution >= 0.6 is 12.4 Å². The molecule has 0 aliphatic rings. The molecular weight excluding hydrogens is 346 g/mol. The van der Waals surface area contributed by atoms with Gasteiger partial charge in [0.15, 0.2) is 0 Å². The number of halogens is 1. The highest BCUT2D eigenvalue weighted by Crippen LogP contribution is 2.30. The van der Waals surface area contributed by atoms with Gasteiger partial charge in [-0.25, -0.2) is 4.98 Å². The van der Waals surface area contributed by atoms with Gasteiger partial charge in [-0.1, -0.05) is 55.7 Å². The number of carbonyl (C=O) groups excluding carboxylic acids is 1. The van der Waals surface area contributed by atoms with Gasteiger partial charge >= 0.3 is 0 Å². The fraction of sp³-hybridized carbons (Fsp3) is 0.333. The highest BCUT2D eigenvalue weighted by molar-refractivity contribution is 6.12. The molecule has 3 N–H and O–H groups in total. The van der Waals surface area contributed by atoms with Crippen LogP contribution in [0.1, 0.15) is 38.5 Å². The molecule has 0 fully saturated rings. The van der Waals surface area contributed by atoms with E-state index in [1.54, 1.807) is 0 Å². The lowest BCUT2D eigenvalue weighted by atomic mass is 10.1. The molecule has 0 atom stereocenters. The Hall–Kier alpha value is -2.17. The SMILES string of the molecule is Cl.NCCCCCCCC(=O)Nc1c2ccccc2nc2ccccc12. The number of pyridine rings is 1. The third kappa shape index (κ3) is 4.93. The standard InChI is InChI=1S/C21H25N3O.ClH/c22-15-9-3-1-2-4-14-20(25)24-21-16-10-5-7-12-18(16)23-19-13-8-6-11-17(19)21;/h5-8,10-13H,1-4,9,14-15,22H2,(H,23,24,25);1H. The van der Waals surface area contributed by atoms with Crippen LogP contribution in [-0.2, 0) is 4.79 Å². The number of nitrogens with one attached hydrogen (secondary N) is 1. The monoisotopic (exact) mass is 371 g/mol. The highest BCUT2D eigenvalue weighted by Gasteiger charge is 2.11. The number of unbranched alkanes of at least 4 members (excludes halogenated alkanes) is 4. The minimum absolute atomic E-state index is 0. The molecule has 2 aromatic carbocycles. The fourth-order valence-electron chi connectivity index (χ4n) is 3.14. The zero-order valence-electron chi connectivity index (χ0n) is 14.9. The fourth-order valence-corrected chi connectivity index (χ4v) is 3.14. The van der Waals surface area contributed by atoms with Crippen molar-refractivity contribution in [3.8, 4) is 0 Å².